The molecule has 0 atom stereocenters. The lowest BCUT2D eigenvalue weighted by Crippen LogP contribution is -2.35. The van der Waals surface area contributed by atoms with Crippen LogP contribution in [0.15, 0.2) is 22.7 Å². The quantitative estimate of drug-likeness (QED) is 0.651. The van der Waals surface area contributed by atoms with Crippen molar-refractivity contribution in [2.24, 2.45) is 5.41 Å². The van der Waals surface area contributed by atoms with Gasteiger partial charge in [0.05, 0.1) is 7.11 Å². The second kappa shape index (κ2) is 8.68. The van der Waals surface area contributed by atoms with Crippen LogP contribution in [0.5, 0.6) is 5.75 Å². The number of ether oxygens (including phenoxy) is 1. The predicted octanol–water partition coefficient (Wildman–Crippen LogP) is 4.81. The van der Waals surface area contributed by atoms with E-state index in [4.69, 9.17) is 4.74 Å². The molecule has 0 saturated heterocycles. The Morgan fingerprint density at radius 1 is 1.20 bits per heavy atom. The molecule has 0 aliphatic carbocycles. The average Bonchev–Trinajstić information content (AvgIpc) is 2.48. The monoisotopic (exact) mass is 341 g/mol. The summed E-state index contributed by atoms with van der Waals surface area (Å²) in [5.74, 6) is 0.936. The first kappa shape index (κ1) is 17.5. The third kappa shape index (κ3) is 4.78. The van der Waals surface area contributed by atoms with E-state index in [2.05, 4.69) is 54.2 Å². The number of methoxy groups -OCH3 is 1. The van der Waals surface area contributed by atoms with Gasteiger partial charge < -0.3 is 10.1 Å². The molecule has 2 nitrogen and oxygen atoms in total. The fraction of sp³-hybridized carbons (Fsp3) is 0.647. The highest BCUT2D eigenvalue weighted by molar-refractivity contribution is 9.10. The van der Waals surface area contributed by atoms with Crippen LogP contribution < -0.4 is 10.1 Å². The van der Waals surface area contributed by atoms with Gasteiger partial charge in [0.25, 0.3) is 0 Å². The number of nitrogens with one attached hydrogen (secondary N) is 1. The standard InChI is InChI=1S/C17H28BrNO/c1-5-10-19-13-17(6-2,7-3)12-14-11-15(20-4)8-9-16(14)18/h8-9,11,19H,5-7,10,12-13H2,1-4H3. The van der Waals surface area contributed by atoms with Gasteiger partial charge in [0, 0.05) is 11.0 Å². The van der Waals surface area contributed by atoms with Gasteiger partial charge in [0.1, 0.15) is 5.75 Å². The summed E-state index contributed by atoms with van der Waals surface area (Å²) < 4.78 is 6.53. The molecule has 0 fully saturated rings. The van der Waals surface area contributed by atoms with Gasteiger partial charge in [-0.1, -0.05) is 36.7 Å². The van der Waals surface area contributed by atoms with Gasteiger partial charge in [-0.2, -0.15) is 0 Å². The van der Waals surface area contributed by atoms with Crippen LogP contribution in [0.4, 0.5) is 0 Å². The SMILES string of the molecule is CCCNCC(CC)(CC)Cc1cc(OC)ccc1Br. The molecule has 1 rings (SSSR count). The molecule has 0 amide bonds. The molecule has 3 heteroatoms. The Labute approximate surface area is 132 Å². The second-order valence-electron chi connectivity index (χ2n) is 5.52. The van der Waals surface area contributed by atoms with Crippen molar-refractivity contribution in [2.75, 3.05) is 20.2 Å². The first-order valence-electron chi connectivity index (χ1n) is 7.64. The van der Waals surface area contributed by atoms with Gasteiger partial charge in [0.2, 0.25) is 0 Å². The van der Waals surface area contributed by atoms with E-state index in [9.17, 15) is 0 Å². The van der Waals surface area contributed by atoms with E-state index >= 15 is 0 Å². The molecule has 0 saturated carbocycles. The minimum atomic E-state index is 0.323. The van der Waals surface area contributed by atoms with Crippen molar-refractivity contribution < 1.29 is 4.74 Å². The molecule has 1 N–H and O–H groups in total. The van der Waals surface area contributed by atoms with Crippen molar-refractivity contribution in [2.45, 2.75) is 46.5 Å². The van der Waals surface area contributed by atoms with Crippen molar-refractivity contribution in [3.05, 3.63) is 28.2 Å². The minimum Gasteiger partial charge on any atom is -0.497 e. The van der Waals surface area contributed by atoms with Crippen LogP contribution in [0.1, 0.15) is 45.6 Å². The molecular weight excluding hydrogens is 314 g/mol. The van der Waals surface area contributed by atoms with Crippen molar-refractivity contribution in [1.82, 2.24) is 5.32 Å². The van der Waals surface area contributed by atoms with Crippen molar-refractivity contribution in [1.29, 1.82) is 0 Å². The molecule has 0 radical (unpaired) electrons. The lowest BCUT2D eigenvalue weighted by Gasteiger charge is -2.33. The maximum Gasteiger partial charge on any atom is 0.119 e. The number of halogens is 1. The molecule has 0 spiro atoms. The molecule has 20 heavy (non-hydrogen) atoms. The van der Waals surface area contributed by atoms with Gasteiger partial charge in [-0.15, -0.1) is 0 Å². The minimum absolute atomic E-state index is 0.323. The van der Waals surface area contributed by atoms with Crippen LogP contribution in [0.3, 0.4) is 0 Å². The molecule has 0 aromatic heterocycles. The number of benzene rings is 1. The normalized spacial score (nSPS) is 11.7. The van der Waals surface area contributed by atoms with E-state index in [1.807, 2.05) is 6.07 Å². The van der Waals surface area contributed by atoms with Crippen LogP contribution >= 0.6 is 15.9 Å². The second-order valence-corrected chi connectivity index (χ2v) is 6.37. The van der Waals surface area contributed by atoms with Gasteiger partial charge >= 0.3 is 0 Å². The Morgan fingerprint density at radius 3 is 2.45 bits per heavy atom. The van der Waals surface area contributed by atoms with Crippen molar-refractivity contribution in [3.63, 3.8) is 0 Å². The van der Waals surface area contributed by atoms with E-state index in [-0.39, 0.29) is 0 Å². The summed E-state index contributed by atoms with van der Waals surface area (Å²) in [6.07, 6.45) is 4.63. The maximum atomic E-state index is 5.35. The van der Waals surface area contributed by atoms with Crippen molar-refractivity contribution >= 4 is 15.9 Å². The largest absolute Gasteiger partial charge is 0.497 e. The van der Waals surface area contributed by atoms with E-state index < -0.39 is 0 Å². The van der Waals surface area contributed by atoms with Gasteiger partial charge in [-0.3, -0.25) is 0 Å². The van der Waals surface area contributed by atoms with E-state index in [1.165, 1.54) is 29.3 Å². The topological polar surface area (TPSA) is 21.3 Å². The average molecular weight is 342 g/mol. The molecule has 0 heterocycles. The smallest absolute Gasteiger partial charge is 0.119 e. The predicted molar refractivity (Wildman–Crippen MR) is 90.6 cm³/mol. The Hall–Kier alpha value is -0.540. The van der Waals surface area contributed by atoms with Crippen LogP contribution in [-0.4, -0.2) is 20.2 Å². The summed E-state index contributed by atoms with van der Waals surface area (Å²) in [5, 5.41) is 3.60. The zero-order valence-electron chi connectivity index (χ0n) is 13.3. The third-order valence-corrected chi connectivity index (χ3v) is 5.02. The van der Waals surface area contributed by atoms with Crippen molar-refractivity contribution in [3.8, 4) is 5.75 Å². The first-order valence-corrected chi connectivity index (χ1v) is 8.43. The summed E-state index contributed by atoms with van der Waals surface area (Å²) in [7, 11) is 1.72. The van der Waals surface area contributed by atoms with E-state index in [0.29, 0.717) is 5.41 Å². The van der Waals surface area contributed by atoms with Crippen LogP contribution in [-0.2, 0) is 6.42 Å². The molecule has 1 aromatic carbocycles. The van der Waals surface area contributed by atoms with Crippen LogP contribution in [0.25, 0.3) is 0 Å². The molecule has 114 valence electrons. The van der Waals surface area contributed by atoms with Gasteiger partial charge in [0.15, 0.2) is 0 Å². The summed E-state index contributed by atoms with van der Waals surface area (Å²) in [4.78, 5) is 0. The zero-order valence-corrected chi connectivity index (χ0v) is 14.8. The molecule has 1 aromatic rings. The number of hydrogen-bond acceptors (Lipinski definition) is 2. The number of rotatable bonds is 9. The summed E-state index contributed by atoms with van der Waals surface area (Å²) in [6, 6.07) is 6.25. The Kier molecular flexibility index (Phi) is 7.60. The van der Waals surface area contributed by atoms with E-state index in [1.54, 1.807) is 7.11 Å². The fourth-order valence-corrected chi connectivity index (χ4v) is 2.95. The maximum absolute atomic E-state index is 5.35. The third-order valence-electron chi connectivity index (χ3n) is 4.25. The molecule has 0 aliphatic heterocycles. The highest BCUT2D eigenvalue weighted by Crippen LogP contribution is 2.34. The fourth-order valence-electron chi connectivity index (χ4n) is 2.56. The molecule has 0 aliphatic rings. The van der Waals surface area contributed by atoms with Crippen LogP contribution in [0, 0.1) is 5.41 Å². The highest BCUT2D eigenvalue weighted by atomic mass is 79.9. The summed E-state index contributed by atoms with van der Waals surface area (Å²) in [6.45, 7) is 8.99. The van der Waals surface area contributed by atoms with Gasteiger partial charge in [-0.25, -0.2) is 0 Å². The lowest BCUT2D eigenvalue weighted by atomic mass is 9.77. The Balaban J connectivity index is 2.88. The first-order chi connectivity index (χ1) is 9.60. The summed E-state index contributed by atoms with van der Waals surface area (Å²) in [5.41, 5.74) is 1.66. The number of hydrogen-bond donors (Lipinski definition) is 1. The van der Waals surface area contributed by atoms with E-state index in [0.717, 1.165) is 25.3 Å². The van der Waals surface area contributed by atoms with Crippen LogP contribution in [0.2, 0.25) is 0 Å². The Bertz CT molecular complexity index is 402. The molecule has 0 unspecified atom stereocenters. The highest BCUT2D eigenvalue weighted by Gasteiger charge is 2.27. The zero-order chi connectivity index (χ0) is 15.0. The molecular formula is C17H28BrNO. The molecule has 0 bridgehead atoms. The summed E-state index contributed by atoms with van der Waals surface area (Å²) >= 11 is 3.68. The van der Waals surface area contributed by atoms with Gasteiger partial charge in [-0.05, 0) is 61.4 Å². The Morgan fingerprint density at radius 2 is 1.90 bits per heavy atom. The lowest BCUT2D eigenvalue weighted by molar-refractivity contribution is 0.246.